The van der Waals surface area contributed by atoms with Gasteiger partial charge < -0.3 is 5.32 Å². The van der Waals surface area contributed by atoms with Gasteiger partial charge in [0, 0.05) is 17.1 Å². The van der Waals surface area contributed by atoms with Crippen LogP contribution in [0.3, 0.4) is 0 Å². The normalized spacial score (nSPS) is 20.5. The highest BCUT2D eigenvalue weighted by molar-refractivity contribution is 6.31. The molecule has 2 nitrogen and oxygen atoms in total. The molecular formula is C17H24Cl2N2. The summed E-state index contributed by atoms with van der Waals surface area (Å²) in [6, 6.07) is 2.24. The lowest BCUT2D eigenvalue weighted by molar-refractivity contribution is 0.511. The summed E-state index contributed by atoms with van der Waals surface area (Å²) in [6.07, 6.45) is 9.36. The van der Waals surface area contributed by atoms with E-state index in [0.29, 0.717) is 23.9 Å². The van der Waals surface area contributed by atoms with Crippen molar-refractivity contribution in [3.05, 3.63) is 35.4 Å². The largest absolute Gasteiger partial charge is 0.308 e. The van der Waals surface area contributed by atoms with E-state index in [2.05, 4.69) is 37.9 Å². The number of alkyl halides is 1. The van der Waals surface area contributed by atoms with Gasteiger partial charge in [0.05, 0.1) is 17.9 Å². The van der Waals surface area contributed by atoms with Gasteiger partial charge in [-0.05, 0) is 30.4 Å². The maximum Gasteiger partial charge on any atom is 0.0707 e. The fourth-order valence-electron chi connectivity index (χ4n) is 2.05. The predicted octanol–water partition coefficient (Wildman–Crippen LogP) is 4.91. The van der Waals surface area contributed by atoms with Crippen LogP contribution in [0.2, 0.25) is 0 Å². The average Bonchev–Trinajstić information content (AvgIpc) is 3.24. The molecule has 1 fully saturated rings. The molecule has 1 aliphatic carbocycles. The van der Waals surface area contributed by atoms with Gasteiger partial charge in [0.15, 0.2) is 0 Å². The lowest BCUT2D eigenvalue weighted by atomic mass is 10.0. The van der Waals surface area contributed by atoms with Crippen LogP contribution in [0, 0.1) is 17.2 Å². The highest BCUT2D eigenvalue weighted by atomic mass is 35.5. The molecule has 0 radical (unpaired) electrons. The van der Waals surface area contributed by atoms with E-state index in [-0.39, 0.29) is 10.9 Å². The Morgan fingerprint density at radius 1 is 1.52 bits per heavy atom. The molecule has 0 aromatic rings. The molecule has 0 aromatic carbocycles. The summed E-state index contributed by atoms with van der Waals surface area (Å²) in [4.78, 5) is 0. The number of rotatable bonds is 9. The fourth-order valence-corrected chi connectivity index (χ4v) is 2.39. The van der Waals surface area contributed by atoms with E-state index in [4.69, 9.17) is 28.5 Å². The number of nitrogens with one attached hydrogen (secondary N) is 1. The number of allylic oxidation sites excluding steroid dienone is 4. The first kappa shape index (κ1) is 18.3. The minimum Gasteiger partial charge on any atom is -0.308 e. The zero-order valence-electron chi connectivity index (χ0n) is 12.8. The second-order valence-electron chi connectivity index (χ2n) is 5.75. The Morgan fingerprint density at radius 3 is 2.67 bits per heavy atom. The lowest BCUT2D eigenvalue weighted by Gasteiger charge is -2.19. The Kier molecular flexibility index (Phi) is 7.52. The lowest BCUT2D eigenvalue weighted by Crippen LogP contribution is -2.36. The Morgan fingerprint density at radius 2 is 2.19 bits per heavy atom. The Balaban J connectivity index is 2.72. The van der Waals surface area contributed by atoms with Crippen LogP contribution in [0.25, 0.3) is 0 Å². The van der Waals surface area contributed by atoms with Crippen LogP contribution in [0.1, 0.15) is 39.5 Å². The molecule has 2 atom stereocenters. The molecule has 0 aliphatic heterocycles. The number of halogens is 2. The quantitative estimate of drug-likeness (QED) is 0.482. The summed E-state index contributed by atoms with van der Waals surface area (Å²) < 4.78 is 0. The molecule has 1 aliphatic rings. The molecule has 21 heavy (non-hydrogen) atoms. The number of nitriles is 1. The Hall–Kier alpha value is -0.750. The van der Waals surface area contributed by atoms with Crippen molar-refractivity contribution >= 4 is 23.2 Å². The SMILES string of the molecule is C=C/C(Cl)=C\C(=C/C(C)CC)C(Cl)CNC1(CC#N)CC1. The molecule has 116 valence electrons. The maximum absolute atomic E-state index is 8.85. The zero-order valence-corrected chi connectivity index (χ0v) is 14.3. The third-order valence-corrected chi connectivity index (χ3v) is 4.58. The van der Waals surface area contributed by atoms with E-state index in [9.17, 15) is 0 Å². The molecule has 2 unspecified atom stereocenters. The molecule has 1 rings (SSSR count). The van der Waals surface area contributed by atoms with Crippen LogP contribution >= 0.6 is 23.2 Å². The molecule has 1 N–H and O–H groups in total. The first-order valence-corrected chi connectivity index (χ1v) is 8.25. The number of nitrogens with zero attached hydrogens (tertiary/aromatic N) is 1. The molecule has 0 bridgehead atoms. The van der Waals surface area contributed by atoms with Crippen molar-refractivity contribution in [3.63, 3.8) is 0 Å². The van der Waals surface area contributed by atoms with Crippen molar-refractivity contribution in [3.8, 4) is 6.07 Å². The van der Waals surface area contributed by atoms with Gasteiger partial charge in [0.2, 0.25) is 0 Å². The Labute approximate surface area is 138 Å². The molecular weight excluding hydrogens is 303 g/mol. The van der Waals surface area contributed by atoms with E-state index < -0.39 is 0 Å². The fraction of sp³-hybridized carbons (Fsp3) is 0.588. The van der Waals surface area contributed by atoms with Gasteiger partial charge in [0.25, 0.3) is 0 Å². The second kappa shape index (κ2) is 8.63. The van der Waals surface area contributed by atoms with Crippen LogP contribution < -0.4 is 5.32 Å². The number of hydrogen-bond acceptors (Lipinski definition) is 2. The van der Waals surface area contributed by atoms with Crippen molar-refractivity contribution < 1.29 is 0 Å². The van der Waals surface area contributed by atoms with Gasteiger partial charge >= 0.3 is 0 Å². The van der Waals surface area contributed by atoms with Crippen molar-refractivity contribution in [2.75, 3.05) is 6.54 Å². The van der Waals surface area contributed by atoms with Crippen LogP contribution in [-0.2, 0) is 0 Å². The maximum atomic E-state index is 8.85. The molecule has 4 heteroatoms. The van der Waals surface area contributed by atoms with Crippen molar-refractivity contribution in [2.45, 2.75) is 50.4 Å². The third kappa shape index (κ3) is 6.26. The first-order chi connectivity index (χ1) is 9.96. The van der Waals surface area contributed by atoms with Gasteiger partial charge in [0.1, 0.15) is 0 Å². The van der Waals surface area contributed by atoms with E-state index >= 15 is 0 Å². The van der Waals surface area contributed by atoms with Crippen molar-refractivity contribution in [2.24, 2.45) is 5.92 Å². The summed E-state index contributed by atoms with van der Waals surface area (Å²) in [7, 11) is 0. The molecule has 0 amide bonds. The molecule has 0 saturated heterocycles. The summed E-state index contributed by atoms with van der Waals surface area (Å²) in [5, 5.41) is 12.7. The Bertz CT molecular complexity index is 456. The van der Waals surface area contributed by atoms with Crippen molar-refractivity contribution in [1.82, 2.24) is 5.32 Å². The average molecular weight is 327 g/mol. The second-order valence-corrected chi connectivity index (χ2v) is 6.71. The summed E-state index contributed by atoms with van der Waals surface area (Å²) in [5.41, 5.74) is 1.01. The minimum absolute atomic E-state index is 0.00464. The first-order valence-electron chi connectivity index (χ1n) is 7.43. The zero-order chi connectivity index (χ0) is 15.9. The van der Waals surface area contributed by atoms with Crippen LogP contribution in [0.15, 0.2) is 35.4 Å². The van der Waals surface area contributed by atoms with Gasteiger partial charge in [-0.3, -0.25) is 0 Å². The smallest absolute Gasteiger partial charge is 0.0707 e. The van der Waals surface area contributed by atoms with Gasteiger partial charge in [-0.1, -0.05) is 50.6 Å². The molecule has 0 spiro atoms. The van der Waals surface area contributed by atoms with E-state index in [1.54, 1.807) is 6.08 Å². The molecule has 0 heterocycles. The van der Waals surface area contributed by atoms with Crippen molar-refractivity contribution in [1.29, 1.82) is 5.26 Å². The highest BCUT2D eigenvalue weighted by Gasteiger charge is 2.42. The summed E-state index contributed by atoms with van der Waals surface area (Å²) >= 11 is 12.6. The monoisotopic (exact) mass is 326 g/mol. The van der Waals surface area contributed by atoms with Crippen LogP contribution in [-0.4, -0.2) is 17.5 Å². The predicted molar refractivity (Wildman–Crippen MR) is 91.5 cm³/mol. The van der Waals surface area contributed by atoms with Gasteiger partial charge in [-0.2, -0.15) is 5.26 Å². The number of hydrogen-bond donors (Lipinski definition) is 1. The van der Waals surface area contributed by atoms with E-state index in [0.717, 1.165) is 24.8 Å². The minimum atomic E-state index is -0.163. The van der Waals surface area contributed by atoms with Crippen LogP contribution in [0.4, 0.5) is 0 Å². The third-order valence-electron chi connectivity index (χ3n) is 3.91. The summed E-state index contributed by atoms with van der Waals surface area (Å²) in [6.45, 7) is 8.61. The van der Waals surface area contributed by atoms with Gasteiger partial charge in [-0.15, -0.1) is 11.6 Å². The highest BCUT2D eigenvalue weighted by Crippen LogP contribution is 2.38. The molecule has 1 saturated carbocycles. The topological polar surface area (TPSA) is 35.8 Å². The van der Waals surface area contributed by atoms with Gasteiger partial charge in [-0.25, -0.2) is 0 Å². The summed E-state index contributed by atoms with van der Waals surface area (Å²) in [5.74, 6) is 0.445. The molecule has 0 aromatic heterocycles. The van der Waals surface area contributed by atoms with Crippen LogP contribution in [0.5, 0.6) is 0 Å². The standard InChI is InChI=1S/C17H24Cl2N2/c1-4-13(3)10-14(11-15(18)5-2)16(19)12-21-17(6-7-17)8-9-20/h5,10-11,13,16,21H,2,4,6-8,12H2,1,3H3/b14-10+,15-11+. The van der Waals surface area contributed by atoms with E-state index in [1.165, 1.54) is 0 Å². The van der Waals surface area contributed by atoms with E-state index in [1.807, 2.05) is 6.08 Å².